The van der Waals surface area contributed by atoms with Crippen molar-refractivity contribution in [2.45, 2.75) is 51.9 Å². The number of Topliss-reactive ketones (excluding diaryl/α,β-unsaturated/α-hetero) is 1. The fourth-order valence-electron chi connectivity index (χ4n) is 3.77. The standard InChI is InChI=1S/C27H30O/c1-19(2)23-15-16-24(25(17-23)20(3)4)27(28)18-26(21-11-7-5-8-12-21)22-13-9-6-10-14-22/h5-17,19-20,26H,18H2,1-4H3. The first-order valence-electron chi connectivity index (χ1n) is 10.2. The van der Waals surface area contributed by atoms with Gasteiger partial charge in [-0.05, 0) is 34.1 Å². The highest BCUT2D eigenvalue weighted by Gasteiger charge is 2.22. The van der Waals surface area contributed by atoms with Crippen LogP contribution in [-0.4, -0.2) is 5.78 Å². The lowest BCUT2D eigenvalue weighted by molar-refractivity contribution is 0.0976. The predicted molar refractivity (Wildman–Crippen MR) is 118 cm³/mol. The van der Waals surface area contributed by atoms with E-state index in [2.05, 4.69) is 64.1 Å². The van der Waals surface area contributed by atoms with Gasteiger partial charge in [0.15, 0.2) is 5.78 Å². The molecule has 0 bridgehead atoms. The van der Waals surface area contributed by atoms with E-state index in [9.17, 15) is 4.79 Å². The van der Waals surface area contributed by atoms with E-state index in [0.717, 1.165) is 11.1 Å². The van der Waals surface area contributed by atoms with Crippen molar-refractivity contribution in [3.8, 4) is 0 Å². The van der Waals surface area contributed by atoms with E-state index >= 15 is 0 Å². The summed E-state index contributed by atoms with van der Waals surface area (Å²) in [6.07, 6.45) is 0.481. The molecule has 0 aliphatic carbocycles. The lowest BCUT2D eigenvalue weighted by atomic mass is 9.83. The summed E-state index contributed by atoms with van der Waals surface area (Å²) in [5, 5.41) is 0. The van der Waals surface area contributed by atoms with Crippen molar-refractivity contribution in [2.24, 2.45) is 0 Å². The van der Waals surface area contributed by atoms with Gasteiger partial charge in [0.1, 0.15) is 0 Å². The maximum atomic E-state index is 13.4. The lowest BCUT2D eigenvalue weighted by Crippen LogP contribution is -2.12. The second kappa shape index (κ2) is 9.01. The van der Waals surface area contributed by atoms with Crippen molar-refractivity contribution in [3.05, 3.63) is 107 Å². The molecule has 0 N–H and O–H groups in total. The Morgan fingerprint density at radius 3 is 1.68 bits per heavy atom. The van der Waals surface area contributed by atoms with E-state index in [0.29, 0.717) is 18.3 Å². The molecule has 0 unspecified atom stereocenters. The van der Waals surface area contributed by atoms with Crippen LogP contribution in [0.4, 0.5) is 0 Å². The predicted octanol–water partition coefficient (Wildman–Crippen LogP) is 7.34. The van der Waals surface area contributed by atoms with Crippen LogP contribution in [0.2, 0.25) is 0 Å². The molecule has 1 heteroatoms. The van der Waals surface area contributed by atoms with E-state index in [4.69, 9.17) is 0 Å². The summed E-state index contributed by atoms with van der Waals surface area (Å²) in [6, 6.07) is 27.1. The van der Waals surface area contributed by atoms with Crippen LogP contribution in [0.5, 0.6) is 0 Å². The van der Waals surface area contributed by atoms with Crippen LogP contribution in [0.25, 0.3) is 0 Å². The van der Waals surface area contributed by atoms with Crippen molar-refractivity contribution < 1.29 is 4.79 Å². The van der Waals surface area contributed by atoms with Gasteiger partial charge in [0.25, 0.3) is 0 Å². The minimum atomic E-state index is 0.0692. The maximum Gasteiger partial charge on any atom is 0.164 e. The molecule has 0 heterocycles. The smallest absolute Gasteiger partial charge is 0.164 e. The highest BCUT2D eigenvalue weighted by atomic mass is 16.1. The van der Waals surface area contributed by atoms with E-state index < -0.39 is 0 Å². The Kier molecular flexibility index (Phi) is 6.46. The molecule has 0 saturated carbocycles. The van der Waals surface area contributed by atoms with Gasteiger partial charge in [-0.15, -0.1) is 0 Å². The number of carbonyl (C=O) groups is 1. The molecule has 0 aromatic heterocycles. The van der Waals surface area contributed by atoms with Gasteiger partial charge in [-0.3, -0.25) is 4.79 Å². The second-order valence-corrected chi connectivity index (χ2v) is 8.16. The molecule has 0 fully saturated rings. The van der Waals surface area contributed by atoms with Gasteiger partial charge in [0, 0.05) is 17.9 Å². The van der Waals surface area contributed by atoms with Crippen LogP contribution in [0.15, 0.2) is 78.9 Å². The minimum absolute atomic E-state index is 0.0692. The highest BCUT2D eigenvalue weighted by molar-refractivity contribution is 5.98. The first-order chi connectivity index (χ1) is 13.5. The van der Waals surface area contributed by atoms with Crippen LogP contribution in [0.1, 0.15) is 84.5 Å². The minimum Gasteiger partial charge on any atom is -0.294 e. The molecule has 0 spiro atoms. The van der Waals surface area contributed by atoms with E-state index in [-0.39, 0.29) is 11.7 Å². The van der Waals surface area contributed by atoms with Gasteiger partial charge in [0.2, 0.25) is 0 Å². The first kappa shape index (κ1) is 20.1. The molecular weight excluding hydrogens is 340 g/mol. The Morgan fingerprint density at radius 2 is 1.21 bits per heavy atom. The van der Waals surface area contributed by atoms with Gasteiger partial charge in [-0.2, -0.15) is 0 Å². The number of hydrogen-bond donors (Lipinski definition) is 0. The summed E-state index contributed by atoms with van der Waals surface area (Å²) in [5.74, 6) is 1.07. The topological polar surface area (TPSA) is 17.1 Å². The average molecular weight is 371 g/mol. The third-order valence-electron chi connectivity index (χ3n) is 5.46. The van der Waals surface area contributed by atoms with Crippen molar-refractivity contribution in [1.29, 1.82) is 0 Å². The van der Waals surface area contributed by atoms with E-state index in [1.54, 1.807) is 0 Å². The van der Waals surface area contributed by atoms with Crippen LogP contribution >= 0.6 is 0 Å². The third-order valence-corrected chi connectivity index (χ3v) is 5.46. The number of carbonyl (C=O) groups excluding carboxylic acids is 1. The van der Waals surface area contributed by atoms with Gasteiger partial charge in [-0.1, -0.05) is 107 Å². The van der Waals surface area contributed by atoms with Crippen molar-refractivity contribution >= 4 is 5.78 Å². The van der Waals surface area contributed by atoms with Crippen molar-refractivity contribution in [3.63, 3.8) is 0 Å². The fraction of sp³-hybridized carbons (Fsp3) is 0.296. The summed E-state index contributed by atoms with van der Waals surface area (Å²) >= 11 is 0. The van der Waals surface area contributed by atoms with Gasteiger partial charge in [0.05, 0.1) is 0 Å². The number of rotatable bonds is 7. The highest BCUT2D eigenvalue weighted by Crippen LogP contribution is 2.32. The van der Waals surface area contributed by atoms with Crippen molar-refractivity contribution in [2.75, 3.05) is 0 Å². The summed E-state index contributed by atoms with van der Waals surface area (Å²) in [5.41, 5.74) is 5.70. The number of hydrogen-bond acceptors (Lipinski definition) is 1. The molecule has 0 aliphatic rings. The summed E-state index contributed by atoms with van der Waals surface area (Å²) < 4.78 is 0. The zero-order valence-electron chi connectivity index (χ0n) is 17.4. The molecule has 144 valence electrons. The quantitative estimate of drug-likeness (QED) is 0.398. The van der Waals surface area contributed by atoms with Crippen LogP contribution in [0.3, 0.4) is 0 Å². The maximum absolute atomic E-state index is 13.4. The van der Waals surface area contributed by atoms with Crippen LogP contribution < -0.4 is 0 Å². The molecule has 1 nitrogen and oxygen atoms in total. The van der Waals surface area contributed by atoms with Gasteiger partial charge >= 0.3 is 0 Å². The Hall–Kier alpha value is -2.67. The molecular formula is C27H30O. The second-order valence-electron chi connectivity index (χ2n) is 8.16. The SMILES string of the molecule is CC(C)c1ccc(C(=O)CC(c2ccccc2)c2ccccc2)c(C(C)C)c1. The monoisotopic (exact) mass is 370 g/mol. The molecule has 3 aromatic carbocycles. The number of ketones is 1. The average Bonchev–Trinajstić information content (AvgIpc) is 2.72. The zero-order valence-corrected chi connectivity index (χ0v) is 17.4. The molecule has 0 radical (unpaired) electrons. The van der Waals surface area contributed by atoms with E-state index in [1.807, 2.05) is 42.5 Å². The largest absolute Gasteiger partial charge is 0.294 e. The zero-order chi connectivity index (χ0) is 20.1. The summed E-state index contributed by atoms with van der Waals surface area (Å²) in [6.45, 7) is 8.73. The number of benzene rings is 3. The normalized spacial score (nSPS) is 11.4. The molecule has 28 heavy (non-hydrogen) atoms. The van der Waals surface area contributed by atoms with Crippen LogP contribution in [0, 0.1) is 0 Å². The molecule has 0 saturated heterocycles. The van der Waals surface area contributed by atoms with Gasteiger partial charge in [-0.25, -0.2) is 0 Å². The molecule has 0 aliphatic heterocycles. The van der Waals surface area contributed by atoms with Crippen LogP contribution in [-0.2, 0) is 0 Å². The molecule has 3 aromatic rings. The molecule has 0 amide bonds. The lowest BCUT2D eigenvalue weighted by Gasteiger charge is -2.20. The van der Waals surface area contributed by atoms with E-state index in [1.165, 1.54) is 16.7 Å². The summed E-state index contributed by atoms with van der Waals surface area (Å²) in [4.78, 5) is 13.4. The van der Waals surface area contributed by atoms with Gasteiger partial charge < -0.3 is 0 Å². The Labute approximate surface area is 169 Å². The molecule has 0 atom stereocenters. The Bertz CT molecular complexity index is 868. The first-order valence-corrected chi connectivity index (χ1v) is 10.2. The summed E-state index contributed by atoms with van der Waals surface area (Å²) in [7, 11) is 0. The fourth-order valence-corrected chi connectivity index (χ4v) is 3.77. The Morgan fingerprint density at radius 1 is 0.679 bits per heavy atom. The Balaban J connectivity index is 1.97. The third kappa shape index (κ3) is 4.59. The van der Waals surface area contributed by atoms with Crippen molar-refractivity contribution in [1.82, 2.24) is 0 Å². The molecule has 3 rings (SSSR count).